The average molecular weight is 482 g/mol. The lowest BCUT2D eigenvalue weighted by molar-refractivity contribution is -0.272. The van der Waals surface area contributed by atoms with Crippen LogP contribution in [0, 0.1) is 0 Å². The lowest BCUT2D eigenvalue weighted by Crippen LogP contribution is -2.44. The molecule has 0 amide bonds. The van der Waals surface area contributed by atoms with E-state index in [1.54, 1.807) is 0 Å². The molecule has 0 aromatic carbocycles. The summed E-state index contributed by atoms with van der Waals surface area (Å²) >= 11 is 0. The summed E-state index contributed by atoms with van der Waals surface area (Å²) in [5, 5.41) is 0. The van der Waals surface area contributed by atoms with Gasteiger partial charge in [-0.15, -0.1) is 0 Å². The Morgan fingerprint density at radius 3 is 1.39 bits per heavy atom. The van der Waals surface area contributed by atoms with Crippen molar-refractivity contribution in [2.75, 3.05) is 18.1 Å². The Labute approximate surface area is 152 Å². The zero-order valence-corrected chi connectivity index (χ0v) is 15.1. The van der Waals surface area contributed by atoms with Gasteiger partial charge in [-0.25, -0.2) is 0 Å². The van der Waals surface area contributed by atoms with Crippen LogP contribution in [0.25, 0.3) is 0 Å². The molecule has 0 rings (SSSR count). The Balaban J connectivity index is 5.10. The summed E-state index contributed by atoms with van der Waals surface area (Å²) in [7, 11) is -11.2. The van der Waals surface area contributed by atoms with Gasteiger partial charge in [0.1, 0.15) is 17.6 Å². The Hall–Kier alpha value is -0.880. The minimum absolute atomic E-state index is 0.609. The highest BCUT2D eigenvalue weighted by molar-refractivity contribution is 7.87. The molecule has 1 unspecified atom stereocenters. The maximum atomic E-state index is 12.8. The van der Waals surface area contributed by atoms with E-state index in [1.807, 2.05) is 0 Å². The van der Waals surface area contributed by atoms with Crippen LogP contribution < -0.4 is 0 Å². The van der Waals surface area contributed by atoms with Crippen LogP contribution in [-0.2, 0) is 28.6 Å². The molecule has 0 aliphatic heterocycles. The largest absolute Gasteiger partial charge is 0.454 e. The van der Waals surface area contributed by atoms with Gasteiger partial charge in [-0.05, 0) is 6.42 Å². The molecule has 0 fully saturated rings. The SMILES string of the molecule is CCC(COS(=O)(=O)CC(F)(F)C(F)(F)F)OS(=O)(=O)CC(F)(F)C(F)(F)F. The fourth-order valence-electron chi connectivity index (χ4n) is 1.28. The van der Waals surface area contributed by atoms with Crippen LogP contribution >= 0.6 is 0 Å². The van der Waals surface area contributed by atoms with Crippen LogP contribution in [0.3, 0.4) is 0 Å². The van der Waals surface area contributed by atoms with Crippen molar-refractivity contribution in [1.29, 1.82) is 0 Å². The van der Waals surface area contributed by atoms with E-state index >= 15 is 0 Å². The van der Waals surface area contributed by atoms with Crippen molar-refractivity contribution in [2.45, 2.75) is 43.6 Å². The van der Waals surface area contributed by atoms with Gasteiger partial charge in [0.15, 0.2) is 0 Å². The number of rotatable bonds is 10. The molecule has 0 saturated carbocycles. The van der Waals surface area contributed by atoms with Crippen molar-refractivity contribution in [3.63, 3.8) is 0 Å². The smallest absolute Gasteiger partial charge is 0.267 e. The molecule has 6 nitrogen and oxygen atoms in total. The lowest BCUT2D eigenvalue weighted by atomic mass is 10.3. The number of halogens is 10. The Morgan fingerprint density at radius 1 is 0.714 bits per heavy atom. The molecule has 0 spiro atoms. The summed E-state index contributed by atoms with van der Waals surface area (Å²) in [6.07, 6.45) is -15.2. The third-order valence-corrected chi connectivity index (χ3v) is 5.21. The molecule has 18 heteroatoms. The molecule has 0 N–H and O–H groups in total. The monoisotopic (exact) mass is 482 g/mol. The van der Waals surface area contributed by atoms with E-state index in [-0.39, 0.29) is 0 Å². The van der Waals surface area contributed by atoms with Gasteiger partial charge in [-0.1, -0.05) is 6.92 Å². The molecular weight excluding hydrogens is 470 g/mol. The number of hydrogen-bond donors (Lipinski definition) is 0. The molecule has 0 aliphatic carbocycles. The van der Waals surface area contributed by atoms with Gasteiger partial charge in [0.25, 0.3) is 20.2 Å². The molecule has 0 radical (unpaired) electrons. The van der Waals surface area contributed by atoms with Crippen molar-refractivity contribution in [3.05, 3.63) is 0 Å². The van der Waals surface area contributed by atoms with Gasteiger partial charge >= 0.3 is 24.2 Å². The quantitative estimate of drug-likeness (QED) is 0.352. The van der Waals surface area contributed by atoms with Crippen molar-refractivity contribution in [1.82, 2.24) is 0 Å². The highest BCUT2D eigenvalue weighted by Crippen LogP contribution is 2.37. The first-order chi connectivity index (χ1) is 12.1. The predicted molar refractivity (Wildman–Crippen MR) is 70.7 cm³/mol. The van der Waals surface area contributed by atoms with Crippen molar-refractivity contribution < 1.29 is 69.1 Å². The number of hydrogen-bond acceptors (Lipinski definition) is 6. The second-order valence-electron chi connectivity index (χ2n) is 5.22. The predicted octanol–water partition coefficient (Wildman–Crippen LogP) is 2.85. The van der Waals surface area contributed by atoms with Gasteiger partial charge in [0, 0.05) is 0 Å². The summed E-state index contributed by atoms with van der Waals surface area (Å²) in [5.74, 6) is -17.2. The van der Waals surface area contributed by atoms with Gasteiger partial charge in [-0.3, -0.25) is 8.37 Å². The van der Waals surface area contributed by atoms with E-state index in [0.29, 0.717) is 0 Å². The van der Waals surface area contributed by atoms with E-state index in [4.69, 9.17) is 0 Å². The van der Waals surface area contributed by atoms with Crippen LogP contribution in [0.5, 0.6) is 0 Å². The Bertz CT molecular complexity index is 725. The van der Waals surface area contributed by atoms with Crippen LogP contribution in [0.4, 0.5) is 43.9 Å². The highest BCUT2D eigenvalue weighted by Gasteiger charge is 2.61. The summed E-state index contributed by atoms with van der Waals surface area (Å²) in [6, 6.07) is 0. The first kappa shape index (κ1) is 27.1. The van der Waals surface area contributed by atoms with Crippen molar-refractivity contribution in [3.8, 4) is 0 Å². The third kappa shape index (κ3) is 8.24. The summed E-state index contributed by atoms with van der Waals surface area (Å²) in [5.41, 5.74) is 0. The lowest BCUT2D eigenvalue weighted by Gasteiger charge is -2.22. The Morgan fingerprint density at radius 2 is 1.07 bits per heavy atom. The van der Waals surface area contributed by atoms with Gasteiger partial charge in [0.2, 0.25) is 0 Å². The number of alkyl halides is 10. The molecular formula is C10H12F10O6S2. The van der Waals surface area contributed by atoms with E-state index in [9.17, 15) is 60.7 Å². The second kappa shape index (κ2) is 8.47. The summed E-state index contributed by atoms with van der Waals surface area (Å²) < 4.78 is 175. The van der Waals surface area contributed by atoms with Gasteiger partial charge < -0.3 is 0 Å². The van der Waals surface area contributed by atoms with Crippen LogP contribution in [-0.4, -0.2) is 65.2 Å². The minimum Gasteiger partial charge on any atom is -0.267 e. The van der Waals surface area contributed by atoms with Gasteiger partial charge in [-0.2, -0.15) is 60.7 Å². The highest BCUT2D eigenvalue weighted by atomic mass is 32.2. The summed E-state index contributed by atoms with van der Waals surface area (Å²) in [4.78, 5) is 0. The topological polar surface area (TPSA) is 86.7 Å². The maximum Gasteiger partial charge on any atom is 0.454 e. The normalized spacial score (nSPS) is 16.2. The molecule has 0 aliphatic rings. The standard InChI is InChI=1S/C10H12F10O6S2/c1-2-6(26-28(23,24)5-8(13,14)10(18,19)20)3-25-27(21,22)4-7(11,12)9(15,16)17/h6H,2-5H2,1H3. The molecule has 1 atom stereocenters. The molecule has 0 saturated heterocycles. The van der Waals surface area contributed by atoms with Crippen LogP contribution in [0.1, 0.15) is 13.3 Å². The molecule has 170 valence electrons. The van der Waals surface area contributed by atoms with E-state index in [2.05, 4.69) is 8.37 Å². The van der Waals surface area contributed by atoms with Crippen molar-refractivity contribution >= 4 is 20.2 Å². The van der Waals surface area contributed by atoms with Crippen LogP contribution in [0.15, 0.2) is 0 Å². The van der Waals surface area contributed by atoms with E-state index in [0.717, 1.165) is 6.92 Å². The first-order valence-electron chi connectivity index (χ1n) is 6.72. The Kier molecular flexibility index (Phi) is 8.20. The molecule has 28 heavy (non-hydrogen) atoms. The maximum absolute atomic E-state index is 12.8. The fraction of sp³-hybridized carbons (Fsp3) is 1.00. The van der Waals surface area contributed by atoms with E-state index < -0.39 is 75.1 Å². The molecule has 0 aromatic rings. The summed E-state index contributed by atoms with van der Waals surface area (Å²) in [6.45, 7) is -0.536. The third-order valence-electron chi connectivity index (χ3n) is 2.72. The van der Waals surface area contributed by atoms with Gasteiger partial charge in [0.05, 0.1) is 6.61 Å². The first-order valence-corrected chi connectivity index (χ1v) is 9.88. The zero-order valence-electron chi connectivity index (χ0n) is 13.5. The van der Waals surface area contributed by atoms with Crippen LogP contribution in [0.2, 0.25) is 0 Å². The van der Waals surface area contributed by atoms with Crippen molar-refractivity contribution in [2.24, 2.45) is 0 Å². The fourth-order valence-corrected chi connectivity index (χ4v) is 3.62. The molecule has 0 heterocycles. The second-order valence-corrected chi connectivity index (χ2v) is 8.46. The van der Waals surface area contributed by atoms with E-state index in [1.165, 1.54) is 0 Å². The average Bonchev–Trinajstić information content (AvgIpc) is 2.38. The minimum atomic E-state index is -6.26. The zero-order chi connectivity index (χ0) is 22.8. The molecule has 0 bridgehead atoms. The molecule has 0 aromatic heterocycles.